The first-order valence-electron chi connectivity index (χ1n) is 7.38. The van der Waals surface area contributed by atoms with Gasteiger partial charge >= 0.3 is 6.18 Å². The van der Waals surface area contributed by atoms with Crippen LogP contribution < -0.4 is 10.1 Å². The molecule has 0 fully saturated rings. The van der Waals surface area contributed by atoms with E-state index in [4.69, 9.17) is 10.00 Å². The van der Waals surface area contributed by atoms with E-state index >= 15 is 0 Å². The lowest BCUT2D eigenvalue weighted by molar-refractivity contribution is -0.213. The molecule has 1 aliphatic rings. The molecule has 0 saturated carbocycles. The minimum Gasteiger partial charge on any atom is -0.480 e. The highest BCUT2D eigenvalue weighted by atomic mass is 19.4. The fraction of sp³-hybridized carbons (Fsp3) is 0.500. The first-order chi connectivity index (χ1) is 10.9. The van der Waals surface area contributed by atoms with E-state index in [0.717, 1.165) is 0 Å². The van der Waals surface area contributed by atoms with Crippen LogP contribution >= 0.6 is 0 Å². The summed E-state index contributed by atoms with van der Waals surface area (Å²) >= 11 is 0. The van der Waals surface area contributed by atoms with Crippen LogP contribution in [0.3, 0.4) is 0 Å². The second-order valence-electron chi connectivity index (χ2n) is 5.48. The van der Waals surface area contributed by atoms with Crippen LogP contribution in [0.25, 0.3) is 0 Å². The van der Waals surface area contributed by atoms with E-state index < -0.39 is 30.1 Å². The summed E-state index contributed by atoms with van der Waals surface area (Å²) in [4.78, 5) is 12.3. The molecule has 0 saturated heterocycles. The molecule has 3 atom stereocenters. The monoisotopic (exact) mass is 326 g/mol. The van der Waals surface area contributed by atoms with E-state index in [2.05, 4.69) is 5.32 Å². The Hall–Kier alpha value is -2.23. The number of benzene rings is 1. The van der Waals surface area contributed by atoms with Crippen LogP contribution in [0.1, 0.15) is 25.3 Å². The smallest absolute Gasteiger partial charge is 0.426 e. The van der Waals surface area contributed by atoms with Crippen molar-refractivity contribution in [1.82, 2.24) is 5.32 Å². The van der Waals surface area contributed by atoms with Gasteiger partial charge in [-0.2, -0.15) is 18.4 Å². The number of nitrogens with one attached hydrogen (secondary N) is 1. The van der Waals surface area contributed by atoms with E-state index in [-0.39, 0.29) is 12.2 Å². The third-order valence-corrected chi connectivity index (χ3v) is 3.74. The summed E-state index contributed by atoms with van der Waals surface area (Å²) < 4.78 is 44.8. The molecular weight excluding hydrogens is 309 g/mol. The Labute approximate surface area is 132 Å². The second-order valence-corrected chi connectivity index (χ2v) is 5.48. The van der Waals surface area contributed by atoms with Crippen LogP contribution in [0.15, 0.2) is 24.3 Å². The van der Waals surface area contributed by atoms with Gasteiger partial charge in [-0.3, -0.25) is 4.79 Å². The summed E-state index contributed by atoms with van der Waals surface area (Å²) in [6, 6.07) is 7.45. The molecule has 124 valence electrons. The van der Waals surface area contributed by atoms with Gasteiger partial charge < -0.3 is 10.1 Å². The van der Waals surface area contributed by atoms with E-state index in [1.807, 2.05) is 13.0 Å². The number of para-hydroxylation sites is 1. The third kappa shape index (κ3) is 3.95. The van der Waals surface area contributed by atoms with Gasteiger partial charge in [0.15, 0.2) is 0 Å². The fourth-order valence-electron chi connectivity index (χ4n) is 2.61. The molecule has 0 radical (unpaired) electrons. The van der Waals surface area contributed by atoms with Gasteiger partial charge in [0.2, 0.25) is 12.0 Å². The third-order valence-electron chi connectivity index (χ3n) is 3.74. The minimum atomic E-state index is -4.66. The van der Waals surface area contributed by atoms with Crippen LogP contribution in [0.2, 0.25) is 0 Å². The average Bonchev–Trinajstić information content (AvgIpc) is 2.52. The lowest BCUT2D eigenvalue weighted by Gasteiger charge is -2.34. The summed E-state index contributed by atoms with van der Waals surface area (Å²) in [5.41, 5.74) is 0.553. The number of hydrogen-bond acceptors (Lipinski definition) is 3. The van der Waals surface area contributed by atoms with Gasteiger partial charge in [0.05, 0.1) is 12.0 Å². The van der Waals surface area contributed by atoms with Crippen molar-refractivity contribution in [2.45, 2.75) is 44.5 Å². The number of carbonyl (C=O) groups excluding carboxylic acids is 1. The van der Waals surface area contributed by atoms with Crippen LogP contribution in [0.5, 0.6) is 5.75 Å². The molecule has 0 spiro atoms. The average molecular weight is 326 g/mol. The number of amides is 1. The largest absolute Gasteiger partial charge is 0.480 e. The minimum absolute atomic E-state index is 0.0730. The van der Waals surface area contributed by atoms with Gasteiger partial charge in [-0.05, 0) is 24.5 Å². The number of rotatable bonds is 4. The highest BCUT2D eigenvalue weighted by molar-refractivity contribution is 5.81. The Morgan fingerprint density at radius 3 is 2.78 bits per heavy atom. The predicted octanol–water partition coefficient (Wildman–Crippen LogP) is 2.98. The predicted molar refractivity (Wildman–Crippen MR) is 76.6 cm³/mol. The van der Waals surface area contributed by atoms with E-state index in [0.29, 0.717) is 18.4 Å². The summed E-state index contributed by atoms with van der Waals surface area (Å²) in [6.45, 7) is 1.83. The van der Waals surface area contributed by atoms with E-state index in [9.17, 15) is 18.0 Å². The van der Waals surface area contributed by atoms with Crippen molar-refractivity contribution in [3.8, 4) is 11.8 Å². The molecule has 1 aromatic carbocycles. The fourth-order valence-corrected chi connectivity index (χ4v) is 2.61. The number of ether oxygens (including phenoxy) is 1. The zero-order valence-corrected chi connectivity index (χ0v) is 12.6. The molecule has 0 aromatic heterocycles. The summed E-state index contributed by atoms with van der Waals surface area (Å²) in [5.74, 6) is -2.07. The van der Waals surface area contributed by atoms with Gasteiger partial charge in [0.25, 0.3) is 0 Å². The number of nitriles is 1. The molecule has 0 bridgehead atoms. The highest BCUT2D eigenvalue weighted by Gasteiger charge is 2.52. The first kappa shape index (κ1) is 17.1. The molecule has 1 unspecified atom stereocenters. The van der Waals surface area contributed by atoms with Crippen LogP contribution in [0, 0.1) is 17.2 Å². The molecule has 1 aromatic rings. The van der Waals surface area contributed by atoms with Crippen molar-refractivity contribution >= 4 is 5.91 Å². The number of alkyl halides is 3. The van der Waals surface area contributed by atoms with Gasteiger partial charge in [-0.15, -0.1) is 0 Å². The van der Waals surface area contributed by atoms with Crippen molar-refractivity contribution in [2.75, 3.05) is 0 Å². The molecule has 2 rings (SSSR count). The Balaban J connectivity index is 2.24. The van der Waals surface area contributed by atoms with Gasteiger partial charge in [0, 0.05) is 0 Å². The van der Waals surface area contributed by atoms with Crippen molar-refractivity contribution in [3.63, 3.8) is 0 Å². The summed E-state index contributed by atoms with van der Waals surface area (Å²) in [5, 5.41) is 11.4. The number of hydrogen-bond donors (Lipinski definition) is 1. The standard InChI is InChI=1S/C16H17F3N2O2/c1-2-5-11(9-20)21-15(22)12-8-10-6-3-4-7-13(10)23-14(12)16(17,18)19/h3-4,6-7,11-12,14H,2,5,8H2,1H3,(H,21,22)/t11?,12-,14-/m1/s1. The maximum absolute atomic E-state index is 13.2. The molecular formula is C16H17F3N2O2. The molecule has 7 heteroatoms. The quantitative estimate of drug-likeness (QED) is 0.925. The Morgan fingerprint density at radius 2 is 2.17 bits per heavy atom. The topological polar surface area (TPSA) is 62.1 Å². The molecule has 1 amide bonds. The van der Waals surface area contributed by atoms with Gasteiger partial charge in [0.1, 0.15) is 11.8 Å². The normalized spacial score (nSPS) is 21.5. The van der Waals surface area contributed by atoms with Crippen molar-refractivity contribution in [2.24, 2.45) is 5.92 Å². The van der Waals surface area contributed by atoms with Crippen LogP contribution in [0.4, 0.5) is 13.2 Å². The van der Waals surface area contributed by atoms with Crippen molar-refractivity contribution in [1.29, 1.82) is 5.26 Å². The molecule has 1 N–H and O–H groups in total. The first-order valence-corrected chi connectivity index (χ1v) is 7.38. The zero-order valence-electron chi connectivity index (χ0n) is 12.6. The lowest BCUT2D eigenvalue weighted by Crippen LogP contribution is -2.52. The summed E-state index contributed by atoms with van der Waals surface area (Å²) in [7, 11) is 0. The van der Waals surface area contributed by atoms with E-state index in [1.165, 1.54) is 6.07 Å². The second kappa shape index (κ2) is 6.90. The Bertz CT molecular complexity index is 610. The number of fused-ring (bicyclic) bond motifs is 1. The maximum Gasteiger partial charge on any atom is 0.426 e. The highest BCUT2D eigenvalue weighted by Crippen LogP contribution is 2.38. The molecule has 0 aliphatic carbocycles. The zero-order chi connectivity index (χ0) is 17.0. The van der Waals surface area contributed by atoms with Crippen LogP contribution in [-0.2, 0) is 11.2 Å². The summed E-state index contributed by atoms with van der Waals surface area (Å²) in [6.07, 6.45) is -5.91. The van der Waals surface area contributed by atoms with Crippen LogP contribution in [-0.4, -0.2) is 24.2 Å². The lowest BCUT2D eigenvalue weighted by atomic mass is 9.89. The molecule has 1 heterocycles. The number of halogens is 3. The van der Waals surface area contributed by atoms with Crippen molar-refractivity contribution < 1.29 is 22.7 Å². The van der Waals surface area contributed by atoms with Gasteiger partial charge in [-0.1, -0.05) is 31.5 Å². The van der Waals surface area contributed by atoms with Crippen molar-refractivity contribution in [3.05, 3.63) is 29.8 Å². The Morgan fingerprint density at radius 1 is 1.48 bits per heavy atom. The molecule has 1 aliphatic heterocycles. The number of carbonyl (C=O) groups is 1. The van der Waals surface area contributed by atoms with Gasteiger partial charge in [-0.25, -0.2) is 0 Å². The number of nitrogens with zero attached hydrogens (tertiary/aromatic N) is 1. The molecule has 4 nitrogen and oxygen atoms in total. The molecule has 23 heavy (non-hydrogen) atoms. The maximum atomic E-state index is 13.2. The SMILES string of the molecule is CCCC(C#N)NC(=O)[C@@H]1Cc2ccccc2O[C@H]1C(F)(F)F. The Kier molecular flexibility index (Phi) is 5.14. The van der Waals surface area contributed by atoms with E-state index in [1.54, 1.807) is 18.2 Å².